The third-order valence-electron chi connectivity index (χ3n) is 10.2. The summed E-state index contributed by atoms with van der Waals surface area (Å²) in [6.07, 6.45) is 12.1. The number of aromatic nitrogens is 2. The van der Waals surface area contributed by atoms with Crippen molar-refractivity contribution in [3.63, 3.8) is 0 Å². The van der Waals surface area contributed by atoms with Crippen molar-refractivity contribution in [2.75, 3.05) is 67.9 Å². The first-order chi connectivity index (χ1) is 30.6. The minimum atomic E-state index is -0.761. The highest BCUT2D eigenvalue weighted by molar-refractivity contribution is 7.15. The second-order valence-corrected chi connectivity index (χ2v) is 17.2. The van der Waals surface area contributed by atoms with Crippen LogP contribution in [-0.4, -0.2) is 98.3 Å². The molecule has 63 heavy (non-hydrogen) atoms. The summed E-state index contributed by atoms with van der Waals surface area (Å²) in [7, 11) is 0. The van der Waals surface area contributed by atoms with Crippen LogP contribution in [0.3, 0.4) is 0 Å². The number of piperidine rings is 2. The van der Waals surface area contributed by atoms with Crippen molar-refractivity contribution < 1.29 is 23.6 Å². The van der Waals surface area contributed by atoms with Gasteiger partial charge in [-0.3, -0.25) is 9.59 Å². The number of pyridine rings is 2. The van der Waals surface area contributed by atoms with Crippen LogP contribution in [0.4, 0.5) is 31.2 Å². The van der Waals surface area contributed by atoms with Crippen LogP contribution in [0.2, 0.25) is 0 Å². The maximum absolute atomic E-state index is 12.9. The molecule has 4 aromatic heterocycles. The lowest BCUT2D eigenvalue weighted by Crippen LogP contribution is -2.45. The smallest absolute Gasteiger partial charge is 0.316 e. The molecular formula is C44H53FN12O4S2. The Morgan fingerprint density at radius 3 is 1.54 bits per heavy atom. The molecule has 0 aliphatic carbocycles. The molecule has 0 spiro atoms. The van der Waals surface area contributed by atoms with Crippen molar-refractivity contribution >= 4 is 63.7 Å². The number of halogens is 1. The number of anilines is 3. The van der Waals surface area contributed by atoms with Crippen molar-refractivity contribution in [3.8, 4) is 23.7 Å². The lowest BCUT2D eigenvalue weighted by atomic mass is 10.1. The fraction of sp³-hybridized carbons (Fsp3) is 0.409. The Morgan fingerprint density at radius 2 is 1.14 bits per heavy atom. The fourth-order valence-electron chi connectivity index (χ4n) is 7.08. The topological polar surface area (TPSA) is 234 Å². The highest BCUT2D eigenvalue weighted by atomic mass is 32.1. The number of rotatable bonds is 7. The largest absolute Gasteiger partial charge is 0.357 e. The molecule has 8 heterocycles. The van der Waals surface area contributed by atoms with Crippen LogP contribution in [0, 0.1) is 29.6 Å². The Kier molecular flexibility index (Phi) is 17.6. The number of carbonyl (C=O) groups excluding carboxylic acids is 4. The average Bonchev–Trinajstić information content (AvgIpc) is 4.14. The zero-order valence-electron chi connectivity index (χ0n) is 34.9. The van der Waals surface area contributed by atoms with Gasteiger partial charge in [0.05, 0.1) is 21.1 Å². The van der Waals surface area contributed by atoms with Gasteiger partial charge in [-0.2, -0.15) is 4.39 Å². The fourth-order valence-corrected chi connectivity index (χ4v) is 8.82. The molecule has 11 N–H and O–H groups in total. The van der Waals surface area contributed by atoms with E-state index in [1.807, 2.05) is 12.1 Å². The number of hydrogen-bond acceptors (Lipinski definition) is 12. The van der Waals surface area contributed by atoms with Crippen LogP contribution < -0.4 is 53.6 Å². The molecule has 0 unspecified atom stereocenters. The molecule has 0 aromatic carbocycles. The van der Waals surface area contributed by atoms with Crippen molar-refractivity contribution in [1.29, 1.82) is 0 Å². The zero-order valence-corrected chi connectivity index (χ0v) is 36.5. The van der Waals surface area contributed by atoms with E-state index >= 15 is 0 Å². The van der Waals surface area contributed by atoms with Gasteiger partial charge in [0.15, 0.2) is 0 Å². The molecule has 0 radical (unpaired) electrons. The molecule has 4 aliphatic rings. The van der Waals surface area contributed by atoms with Gasteiger partial charge in [-0.15, -0.1) is 22.7 Å². The van der Waals surface area contributed by atoms with Crippen molar-refractivity contribution in [2.45, 2.75) is 63.5 Å². The SMILES string of the molecule is C1CCNC1.NC(=O)Nc1cc(C#Cc2ccc(F)nc2)sc1C(=O)N[C@H]1CCCNC1.NC(=O)Nc1cc(C#Cc2ccc(N3CCCC3)nc2)sc1C(=O)N[C@H]1CCCNC1. The first kappa shape index (κ1) is 46.4. The molecule has 8 rings (SSSR count). The number of hydrogen-bond donors (Lipinski definition) is 9. The summed E-state index contributed by atoms with van der Waals surface area (Å²) in [6, 6.07) is 8.57. The Balaban J connectivity index is 0.000000190. The van der Waals surface area contributed by atoms with Crippen LogP contribution in [0.1, 0.15) is 91.6 Å². The van der Waals surface area contributed by atoms with Crippen LogP contribution in [0.15, 0.2) is 48.8 Å². The summed E-state index contributed by atoms with van der Waals surface area (Å²) >= 11 is 2.39. The van der Waals surface area contributed by atoms with Crippen LogP contribution in [0.5, 0.6) is 0 Å². The van der Waals surface area contributed by atoms with E-state index in [9.17, 15) is 23.6 Å². The van der Waals surface area contributed by atoms with Crippen molar-refractivity contribution in [3.05, 3.63) is 85.4 Å². The minimum absolute atomic E-state index is 0.0367. The summed E-state index contributed by atoms with van der Waals surface area (Å²) in [5.41, 5.74) is 12.5. The highest BCUT2D eigenvalue weighted by Gasteiger charge is 2.23. The molecule has 6 amide bonds. The molecule has 19 heteroatoms. The molecule has 0 bridgehead atoms. The lowest BCUT2D eigenvalue weighted by Gasteiger charge is -2.23. The van der Waals surface area contributed by atoms with E-state index in [4.69, 9.17) is 11.5 Å². The normalized spacial score (nSPS) is 17.8. The van der Waals surface area contributed by atoms with E-state index in [2.05, 4.69) is 75.8 Å². The van der Waals surface area contributed by atoms with E-state index in [0.717, 1.165) is 81.1 Å². The molecular weight excluding hydrogens is 844 g/mol. The Bertz CT molecular complexity index is 2280. The van der Waals surface area contributed by atoms with E-state index < -0.39 is 18.0 Å². The summed E-state index contributed by atoms with van der Waals surface area (Å²) in [6.45, 7) is 7.95. The number of carbonyl (C=O) groups is 4. The van der Waals surface area contributed by atoms with E-state index in [0.29, 0.717) is 43.0 Å². The van der Waals surface area contributed by atoms with Gasteiger partial charge in [0.2, 0.25) is 5.95 Å². The Labute approximate surface area is 374 Å². The number of urea groups is 2. The minimum Gasteiger partial charge on any atom is -0.357 e. The monoisotopic (exact) mass is 896 g/mol. The molecule has 16 nitrogen and oxygen atoms in total. The van der Waals surface area contributed by atoms with Gasteiger partial charge in [0.25, 0.3) is 11.8 Å². The van der Waals surface area contributed by atoms with Gasteiger partial charge in [-0.25, -0.2) is 19.6 Å². The molecule has 332 valence electrons. The van der Waals surface area contributed by atoms with Crippen molar-refractivity contribution in [2.24, 2.45) is 11.5 Å². The van der Waals surface area contributed by atoms with Gasteiger partial charge < -0.3 is 53.6 Å². The molecule has 0 saturated carbocycles. The number of nitrogens with one attached hydrogen (secondary N) is 7. The summed E-state index contributed by atoms with van der Waals surface area (Å²) in [5.74, 6) is 11.8. The van der Waals surface area contributed by atoms with E-state index in [-0.39, 0.29) is 23.9 Å². The van der Waals surface area contributed by atoms with Crippen LogP contribution in [0.25, 0.3) is 0 Å². The third-order valence-corrected chi connectivity index (χ3v) is 12.3. The average molecular weight is 897 g/mol. The van der Waals surface area contributed by atoms with Gasteiger partial charge in [-0.05, 0) is 114 Å². The van der Waals surface area contributed by atoms with E-state index in [1.54, 1.807) is 18.3 Å². The van der Waals surface area contributed by atoms with Crippen molar-refractivity contribution in [1.82, 2.24) is 36.6 Å². The molecule has 4 saturated heterocycles. The molecule has 4 aromatic rings. The van der Waals surface area contributed by atoms with Crippen LogP contribution in [-0.2, 0) is 0 Å². The predicted molar refractivity (Wildman–Crippen MR) is 246 cm³/mol. The Morgan fingerprint density at radius 1 is 0.651 bits per heavy atom. The molecule has 4 fully saturated rings. The number of primary amides is 2. The van der Waals surface area contributed by atoms with Gasteiger partial charge in [0, 0.05) is 61.8 Å². The first-order valence-corrected chi connectivity index (χ1v) is 22.7. The van der Waals surface area contributed by atoms with Gasteiger partial charge in [0.1, 0.15) is 15.6 Å². The standard InChI is InChI=1S/C22H26N6O2S.C18H18FN5O2S.C4H9N/c23-22(30)27-18-12-17(31-20(18)21(29)26-16-4-3-9-24-14-16)7-5-15-6-8-19(25-13-15)28-10-1-2-11-28;19-15-6-4-11(9-22-15)3-5-13-8-14(24-18(20)26)16(27-13)17(25)23-12-2-1-7-21-10-12;1-2-4-5-3-1/h6,8,12-13,16,24H,1-4,9-11,14H2,(H,26,29)(H3,23,27,30);4,6,8-9,12,21H,1-2,7,10H2,(H,23,25)(H3,20,24,26);5H,1-4H2/t16-;12-;/m00./s1. The number of nitrogens with zero attached hydrogens (tertiary/aromatic N) is 3. The number of nitrogens with two attached hydrogens (primary N) is 2. The molecule has 4 aliphatic heterocycles. The van der Waals surface area contributed by atoms with Gasteiger partial charge in [-0.1, -0.05) is 23.7 Å². The zero-order chi connectivity index (χ0) is 44.4. The molecule has 2 atom stereocenters. The highest BCUT2D eigenvalue weighted by Crippen LogP contribution is 2.29. The summed E-state index contributed by atoms with van der Waals surface area (Å²) in [4.78, 5) is 60.3. The maximum Gasteiger partial charge on any atom is 0.316 e. The van der Waals surface area contributed by atoms with E-state index in [1.165, 1.54) is 68.4 Å². The summed E-state index contributed by atoms with van der Waals surface area (Å²) < 4.78 is 12.9. The predicted octanol–water partition coefficient (Wildman–Crippen LogP) is 4.14. The number of amides is 6. The first-order valence-electron chi connectivity index (χ1n) is 21.1. The van der Waals surface area contributed by atoms with Gasteiger partial charge >= 0.3 is 12.1 Å². The maximum atomic E-state index is 12.9. The Hall–Kier alpha value is -6.09. The second kappa shape index (κ2) is 23.9. The summed E-state index contributed by atoms with van der Waals surface area (Å²) in [5, 5.41) is 20.7. The van der Waals surface area contributed by atoms with Crippen LogP contribution >= 0.6 is 22.7 Å². The quantitative estimate of drug-likeness (QED) is 0.0951. The second-order valence-electron chi connectivity index (χ2n) is 15.1. The number of thiophene rings is 2. The third kappa shape index (κ3) is 15.0. The lowest BCUT2D eigenvalue weighted by molar-refractivity contribution is 0.0927.